The lowest BCUT2D eigenvalue weighted by Gasteiger charge is -2.36. The number of carbonyl (C=O) groups excluding carboxylic acids is 1. The number of piperazine rings is 1. The van der Waals surface area contributed by atoms with E-state index in [2.05, 4.69) is 9.88 Å². The molecule has 2 aliphatic rings. The van der Waals surface area contributed by atoms with E-state index in [4.69, 9.17) is 15.9 Å². The Morgan fingerprint density at radius 1 is 1.23 bits per heavy atom. The zero-order valence-electron chi connectivity index (χ0n) is 14.6. The SMILES string of the molecule is N=C(N)C1=CCC=CC(OCC(=O)N2CCN(c3ccncc3)CC2)=C1. The fourth-order valence-corrected chi connectivity index (χ4v) is 2.92. The van der Waals surface area contributed by atoms with Gasteiger partial charge in [0.1, 0.15) is 11.6 Å². The molecule has 1 saturated heterocycles. The zero-order valence-corrected chi connectivity index (χ0v) is 14.6. The first-order chi connectivity index (χ1) is 12.6. The van der Waals surface area contributed by atoms with Gasteiger partial charge in [-0.25, -0.2) is 0 Å². The maximum Gasteiger partial charge on any atom is 0.260 e. The molecule has 1 amide bonds. The van der Waals surface area contributed by atoms with Crippen molar-refractivity contribution in [2.24, 2.45) is 5.73 Å². The molecule has 1 aromatic rings. The number of nitrogens with two attached hydrogens (primary N) is 1. The second-order valence-corrected chi connectivity index (χ2v) is 6.12. The lowest BCUT2D eigenvalue weighted by Crippen LogP contribution is -2.49. The van der Waals surface area contributed by atoms with Crippen LogP contribution in [0.5, 0.6) is 0 Å². The Morgan fingerprint density at radius 3 is 2.65 bits per heavy atom. The summed E-state index contributed by atoms with van der Waals surface area (Å²) in [6.45, 7) is 2.89. The number of anilines is 1. The van der Waals surface area contributed by atoms with Gasteiger partial charge in [0.15, 0.2) is 6.61 Å². The average molecular weight is 353 g/mol. The van der Waals surface area contributed by atoms with Gasteiger partial charge in [0, 0.05) is 49.8 Å². The highest BCUT2D eigenvalue weighted by Gasteiger charge is 2.21. The molecule has 0 unspecified atom stereocenters. The number of hydrogen-bond acceptors (Lipinski definition) is 5. The molecular weight excluding hydrogens is 330 g/mol. The summed E-state index contributed by atoms with van der Waals surface area (Å²) in [4.78, 5) is 20.5. The minimum absolute atomic E-state index is 0.00615. The summed E-state index contributed by atoms with van der Waals surface area (Å²) in [5.41, 5.74) is 7.28. The molecule has 0 atom stereocenters. The van der Waals surface area contributed by atoms with Gasteiger partial charge in [-0.15, -0.1) is 0 Å². The van der Waals surface area contributed by atoms with E-state index in [-0.39, 0.29) is 18.3 Å². The van der Waals surface area contributed by atoms with Crippen LogP contribution in [-0.4, -0.2) is 54.4 Å². The highest BCUT2D eigenvalue weighted by Crippen LogP contribution is 2.16. The Bertz CT molecular complexity index is 746. The molecule has 136 valence electrons. The zero-order chi connectivity index (χ0) is 18.4. The lowest BCUT2D eigenvalue weighted by molar-refractivity contribution is -0.134. The van der Waals surface area contributed by atoms with Gasteiger partial charge in [-0.2, -0.15) is 0 Å². The van der Waals surface area contributed by atoms with Crippen LogP contribution in [0.4, 0.5) is 5.69 Å². The second-order valence-electron chi connectivity index (χ2n) is 6.12. The standard InChI is InChI=1S/C19H23N5O2/c20-19(21)15-3-1-2-4-17(13-15)26-14-18(25)24-11-9-23(10-12-24)16-5-7-22-8-6-16/h2-8,13H,1,9-12,14H2,(H3,20,21). The molecule has 0 saturated carbocycles. The third-order valence-electron chi connectivity index (χ3n) is 4.39. The summed E-state index contributed by atoms with van der Waals surface area (Å²) >= 11 is 0. The molecule has 1 aliphatic heterocycles. The Kier molecular flexibility index (Phi) is 5.68. The highest BCUT2D eigenvalue weighted by atomic mass is 16.5. The fourth-order valence-electron chi connectivity index (χ4n) is 2.92. The smallest absolute Gasteiger partial charge is 0.260 e. The molecule has 1 aliphatic carbocycles. The average Bonchev–Trinajstić information content (AvgIpc) is 2.93. The molecule has 3 rings (SSSR count). The van der Waals surface area contributed by atoms with Crippen molar-refractivity contribution in [3.8, 4) is 0 Å². The number of amides is 1. The first-order valence-electron chi connectivity index (χ1n) is 8.62. The van der Waals surface area contributed by atoms with E-state index in [9.17, 15) is 4.79 Å². The summed E-state index contributed by atoms with van der Waals surface area (Å²) in [6.07, 6.45) is 11.5. The van der Waals surface area contributed by atoms with E-state index in [1.54, 1.807) is 24.5 Å². The van der Waals surface area contributed by atoms with Crippen molar-refractivity contribution >= 4 is 17.4 Å². The number of allylic oxidation sites excluding steroid dienone is 3. The van der Waals surface area contributed by atoms with Crippen molar-refractivity contribution in [1.29, 1.82) is 5.41 Å². The predicted octanol–water partition coefficient (Wildman–Crippen LogP) is 1.45. The van der Waals surface area contributed by atoms with Crippen molar-refractivity contribution in [3.63, 3.8) is 0 Å². The molecule has 2 heterocycles. The van der Waals surface area contributed by atoms with E-state index >= 15 is 0 Å². The molecule has 3 N–H and O–H groups in total. The number of nitrogens with one attached hydrogen (secondary N) is 1. The van der Waals surface area contributed by atoms with E-state index < -0.39 is 0 Å². The van der Waals surface area contributed by atoms with Crippen molar-refractivity contribution in [1.82, 2.24) is 9.88 Å². The molecule has 0 radical (unpaired) electrons. The summed E-state index contributed by atoms with van der Waals surface area (Å²) < 4.78 is 5.64. The van der Waals surface area contributed by atoms with E-state index in [1.165, 1.54) is 0 Å². The van der Waals surface area contributed by atoms with Gasteiger partial charge in [-0.3, -0.25) is 15.2 Å². The van der Waals surface area contributed by atoms with Crippen LogP contribution in [0.25, 0.3) is 0 Å². The quantitative estimate of drug-likeness (QED) is 0.617. The van der Waals surface area contributed by atoms with Crippen molar-refractivity contribution in [3.05, 3.63) is 60.2 Å². The van der Waals surface area contributed by atoms with Crippen LogP contribution in [-0.2, 0) is 9.53 Å². The van der Waals surface area contributed by atoms with Crippen LogP contribution in [0.2, 0.25) is 0 Å². The number of nitrogens with zero attached hydrogens (tertiary/aromatic N) is 3. The third-order valence-corrected chi connectivity index (χ3v) is 4.39. The predicted molar refractivity (Wildman–Crippen MR) is 101 cm³/mol. The molecule has 7 heteroatoms. The summed E-state index contributed by atoms with van der Waals surface area (Å²) in [6, 6.07) is 3.96. The van der Waals surface area contributed by atoms with E-state index in [0.29, 0.717) is 30.8 Å². The first kappa shape index (κ1) is 17.7. The monoisotopic (exact) mass is 353 g/mol. The molecule has 1 aromatic heterocycles. The number of hydrogen-bond donors (Lipinski definition) is 2. The summed E-state index contributed by atoms with van der Waals surface area (Å²) in [7, 11) is 0. The highest BCUT2D eigenvalue weighted by molar-refractivity contribution is 5.97. The van der Waals surface area contributed by atoms with Gasteiger partial charge in [0.25, 0.3) is 5.91 Å². The van der Waals surface area contributed by atoms with Crippen LogP contribution in [0.1, 0.15) is 6.42 Å². The Balaban J connectivity index is 1.50. The number of rotatable bonds is 5. The van der Waals surface area contributed by atoms with Crippen LogP contribution in [0.15, 0.2) is 60.2 Å². The molecule has 7 nitrogen and oxygen atoms in total. The van der Waals surface area contributed by atoms with E-state index in [1.807, 2.05) is 29.2 Å². The lowest BCUT2D eigenvalue weighted by atomic mass is 10.2. The Morgan fingerprint density at radius 2 is 1.96 bits per heavy atom. The maximum atomic E-state index is 12.4. The maximum absolute atomic E-state index is 12.4. The number of amidine groups is 1. The normalized spacial score (nSPS) is 17.2. The van der Waals surface area contributed by atoms with Gasteiger partial charge in [-0.05, 0) is 30.7 Å². The van der Waals surface area contributed by atoms with Crippen molar-refractivity contribution in [2.45, 2.75) is 6.42 Å². The van der Waals surface area contributed by atoms with Gasteiger partial charge in [0.05, 0.1) is 0 Å². The molecular formula is C19H23N5O2. The first-order valence-corrected chi connectivity index (χ1v) is 8.62. The number of carbonyl (C=O) groups is 1. The van der Waals surface area contributed by atoms with Gasteiger partial charge >= 0.3 is 0 Å². The number of pyridine rings is 1. The molecule has 0 spiro atoms. The Hall–Kier alpha value is -3.09. The third kappa shape index (κ3) is 4.50. The minimum atomic E-state index is -0.0359. The molecule has 26 heavy (non-hydrogen) atoms. The Labute approximate surface area is 152 Å². The van der Waals surface area contributed by atoms with Gasteiger partial charge in [-0.1, -0.05) is 12.2 Å². The molecule has 0 bridgehead atoms. The molecule has 1 fully saturated rings. The topological polar surface area (TPSA) is 95.5 Å². The summed E-state index contributed by atoms with van der Waals surface area (Å²) in [5, 5.41) is 7.54. The number of aromatic nitrogens is 1. The van der Waals surface area contributed by atoms with Gasteiger partial charge in [0.2, 0.25) is 0 Å². The van der Waals surface area contributed by atoms with Crippen LogP contribution < -0.4 is 10.6 Å². The fraction of sp³-hybridized carbons (Fsp3) is 0.316. The van der Waals surface area contributed by atoms with Gasteiger partial charge < -0.3 is 20.3 Å². The van der Waals surface area contributed by atoms with Crippen LogP contribution in [0.3, 0.4) is 0 Å². The largest absolute Gasteiger partial charge is 0.484 e. The van der Waals surface area contributed by atoms with Crippen molar-refractivity contribution in [2.75, 3.05) is 37.7 Å². The number of ether oxygens (including phenoxy) is 1. The van der Waals surface area contributed by atoms with Crippen LogP contribution >= 0.6 is 0 Å². The van der Waals surface area contributed by atoms with Crippen LogP contribution in [0, 0.1) is 5.41 Å². The summed E-state index contributed by atoms with van der Waals surface area (Å²) in [5.74, 6) is 0.507. The van der Waals surface area contributed by atoms with Crippen molar-refractivity contribution < 1.29 is 9.53 Å². The van der Waals surface area contributed by atoms with E-state index in [0.717, 1.165) is 18.8 Å². The minimum Gasteiger partial charge on any atom is -0.484 e. The second kappa shape index (κ2) is 8.33. The molecule has 0 aromatic carbocycles.